The van der Waals surface area contributed by atoms with Crippen molar-refractivity contribution in [1.82, 2.24) is 10.6 Å². The van der Waals surface area contributed by atoms with Crippen LogP contribution in [0.2, 0.25) is 0 Å². The number of carbonyl (C=O) groups excluding carboxylic acids is 2. The van der Waals surface area contributed by atoms with Crippen molar-refractivity contribution in [2.75, 3.05) is 13.7 Å². The number of methoxy groups -OCH3 is 1. The summed E-state index contributed by atoms with van der Waals surface area (Å²) >= 11 is 0. The van der Waals surface area contributed by atoms with E-state index in [1.807, 2.05) is 0 Å². The molecule has 5 nitrogen and oxygen atoms in total. The number of nitrogens with one attached hydrogen (secondary N) is 2. The second kappa shape index (κ2) is 8.01. The average molecular weight is 326 g/mol. The number of amides is 1. The molecule has 0 radical (unpaired) electrons. The van der Waals surface area contributed by atoms with E-state index in [1.165, 1.54) is 0 Å². The summed E-state index contributed by atoms with van der Waals surface area (Å²) in [6.07, 6.45) is 4.03. The monoisotopic (exact) mass is 326 g/mol. The molecule has 1 aromatic carbocycles. The molecular formula is C16H20F2N2O3. The van der Waals surface area contributed by atoms with E-state index in [2.05, 4.69) is 15.4 Å². The molecule has 2 rings (SSSR count). The summed E-state index contributed by atoms with van der Waals surface area (Å²) in [6.45, 7) is -0.188. The minimum Gasteiger partial charge on any atom is -0.468 e. The van der Waals surface area contributed by atoms with E-state index in [-0.39, 0.29) is 24.1 Å². The molecule has 1 aliphatic rings. The van der Waals surface area contributed by atoms with Gasteiger partial charge in [0.1, 0.15) is 17.7 Å². The molecule has 0 spiro atoms. The van der Waals surface area contributed by atoms with Crippen LogP contribution in [0.3, 0.4) is 0 Å². The normalized spacial score (nSPS) is 16.1. The fourth-order valence-corrected chi connectivity index (χ4v) is 2.72. The van der Waals surface area contributed by atoms with Crippen LogP contribution < -0.4 is 10.6 Å². The molecule has 0 heterocycles. The van der Waals surface area contributed by atoms with Crippen LogP contribution in [0.4, 0.5) is 8.78 Å². The number of halogens is 2. The summed E-state index contributed by atoms with van der Waals surface area (Å²) in [7, 11) is 1.15. The number of hydrogen-bond donors (Lipinski definition) is 2. The zero-order chi connectivity index (χ0) is 16.8. The van der Waals surface area contributed by atoms with E-state index in [4.69, 9.17) is 0 Å². The van der Waals surface area contributed by atoms with Crippen molar-refractivity contribution in [2.24, 2.45) is 0 Å². The molecule has 126 valence electrons. The van der Waals surface area contributed by atoms with E-state index in [0.29, 0.717) is 0 Å². The zero-order valence-electron chi connectivity index (χ0n) is 12.9. The number of benzene rings is 1. The lowest BCUT2D eigenvalue weighted by Gasteiger charge is -2.18. The highest BCUT2D eigenvalue weighted by Gasteiger charge is 2.26. The van der Waals surface area contributed by atoms with Gasteiger partial charge in [-0.1, -0.05) is 12.8 Å². The van der Waals surface area contributed by atoms with Gasteiger partial charge >= 0.3 is 5.97 Å². The van der Waals surface area contributed by atoms with E-state index in [1.54, 1.807) is 0 Å². The lowest BCUT2D eigenvalue weighted by Crippen LogP contribution is -2.42. The van der Waals surface area contributed by atoms with Gasteiger partial charge in [0.05, 0.1) is 13.7 Å². The molecule has 1 unspecified atom stereocenters. The highest BCUT2D eigenvalue weighted by Crippen LogP contribution is 2.20. The van der Waals surface area contributed by atoms with E-state index < -0.39 is 23.6 Å². The Kier molecular flexibility index (Phi) is 6.04. The van der Waals surface area contributed by atoms with E-state index in [0.717, 1.165) is 51.0 Å². The summed E-state index contributed by atoms with van der Waals surface area (Å²) in [5.41, 5.74) is -0.189. The third kappa shape index (κ3) is 4.72. The first kappa shape index (κ1) is 17.3. The molecule has 1 saturated carbocycles. The van der Waals surface area contributed by atoms with Gasteiger partial charge in [-0.15, -0.1) is 0 Å². The predicted octanol–water partition coefficient (Wildman–Crippen LogP) is 1.83. The van der Waals surface area contributed by atoms with Gasteiger partial charge in [-0.25, -0.2) is 13.6 Å². The van der Waals surface area contributed by atoms with Crippen molar-refractivity contribution in [3.63, 3.8) is 0 Å². The molecule has 0 aromatic heterocycles. The van der Waals surface area contributed by atoms with Crippen LogP contribution >= 0.6 is 0 Å². The largest absolute Gasteiger partial charge is 0.468 e. The predicted molar refractivity (Wildman–Crippen MR) is 79.5 cm³/mol. The van der Waals surface area contributed by atoms with E-state index in [9.17, 15) is 18.4 Å². The second-order valence-electron chi connectivity index (χ2n) is 5.55. The maximum Gasteiger partial charge on any atom is 0.327 e. The number of esters is 1. The Bertz CT molecular complexity index is 574. The summed E-state index contributed by atoms with van der Waals surface area (Å²) < 4.78 is 31.8. The van der Waals surface area contributed by atoms with Gasteiger partial charge < -0.3 is 10.1 Å². The number of rotatable bonds is 6. The van der Waals surface area contributed by atoms with Crippen LogP contribution in [0.15, 0.2) is 18.2 Å². The van der Waals surface area contributed by atoms with Crippen molar-refractivity contribution in [3.8, 4) is 0 Å². The van der Waals surface area contributed by atoms with Crippen molar-refractivity contribution in [2.45, 2.75) is 37.8 Å². The third-order valence-electron chi connectivity index (χ3n) is 3.89. The van der Waals surface area contributed by atoms with Gasteiger partial charge in [0, 0.05) is 11.6 Å². The lowest BCUT2D eigenvalue weighted by molar-refractivity contribution is -0.143. The first-order valence-corrected chi connectivity index (χ1v) is 7.56. The number of ether oxygens (including phenoxy) is 1. The molecule has 1 aromatic rings. The van der Waals surface area contributed by atoms with E-state index >= 15 is 0 Å². The summed E-state index contributed by atoms with van der Waals surface area (Å²) in [5.74, 6) is -2.50. The standard InChI is InChI=1S/C16H20F2N2O3/c1-23-16(22)15(12-8-10(17)6-7-13(12)18)19-9-14(21)20-11-4-2-3-5-11/h6-8,11,15,19H,2-5,9H2,1H3,(H,20,21). The number of carbonyl (C=O) groups is 2. The van der Waals surface area contributed by atoms with Crippen LogP contribution in [0, 0.1) is 11.6 Å². The van der Waals surface area contributed by atoms with Gasteiger partial charge in [0.15, 0.2) is 0 Å². The van der Waals surface area contributed by atoms with Crippen LogP contribution in [0.25, 0.3) is 0 Å². The maximum absolute atomic E-state index is 13.9. The Balaban J connectivity index is 2.02. The Labute approximate surface area is 133 Å². The molecule has 1 aliphatic carbocycles. The Morgan fingerprint density at radius 3 is 2.65 bits per heavy atom. The quantitative estimate of drug-likeness (QED) is 0.783. The highest BCUT2D eigenvalue weighted by atomic mass is 19.1. The molecule has 1 fully saturated rings. The topological polar surface area (TPSA) is 67.4 Å². The van der Waals surface area contributed by atoms with Crippen LogP contribution in [0.1, 0.15) is 37.3 Å². The number of hydrogen-bond acceptors (Lipinski definition) is 4. The molecule has 1 atom stereocenters. The highest BCUT2D eigenvalue weighted by molar-refractivity contribution is 5.81. The van der Waals surface area contributed by atoms with Crippen molar-refractivity contribution in [3.05, 3.63) is 35.4 Å². The van der Waals surface area contributed by atoms with Crippen LogP contribution in [0.5, 0.6) is 0 Å². The first-order valence-electron chi connectivity index (χ1n) is 7.56. The molecule has 1 amide bonds. The van der Waals surface area contributed by atoms with Crippen LogP contribution in [-0.2, 0) is 14.3 Å². The third-order valence-corrected chi connectivity index (χ3v) is 3.89. The van der Waals surface area contributed by atoms with Gasteiger partial charge in [-0.2, -0.15) is 0 Å². The average Bonchev–Trinajstić information content (AvgIpc) is 3.03. The van der Waals surface area contributed by atoms with Gasteiger partial charge in [0.25, 0.3) is 0 Å². The van der Waals surface area contributed by atoms with Crippen molar-refractivity contribution < 1.29 is 23.1 Å². The molecular weight excluding hydrogens is 306 g/mol. The SMILES string of the molecule is COC(=O)C(NCC(=O)NC1CCCC1)c1cc(F)ccc1F. The lowest BCUT2D eigenvalue weighted by atomic mass is 10.1. The minimum atomic E-state index is -1.25. The Morgan fingerprint density at radius 1 is 1.30 bits per heavy atom. The molecule has 23 heavy (non-hydrogen) atoms. The summed E-state index contributed by atoms with van der Waals surface area (Å²) in [5, 5.41) is 5.48. The summed E-state index contributed by atoms with van der Waals surface area (Å²) in [6, 6.07) is 1.71. The molecule has 0 bridgehead atoms. The molecule has 2 N–H and O–H groups in total. The summed E-state index contributed by atoms with van der Waals surface area (Å²) in [4.78, 5) is 23.7. The minimum absolute atomic E-state index is 0.145. The van der Waals surface area contributed by atoms with Crippen molar-refractivity contribution in [1.29, 1.82) is 0 Å². The molecule has 0 saturated heterocycles. The maximum atomic E-state index is 13.9. The Hall–Kier alpha value is -2.02. The fourth-order valence-electron chi connectivity index (χ4n) is 2.72. The second-order valence-corrected chi connectivity index (χ2v) is 5.55. The van der Waals surface area contributed by atoms with Gasteiger partial charge in [-0.3, -0.25) is 10.1 Å². The van der Waals surface area contributed by atoms with Crippen LogP contribution in [-0.4, -0.2) is 31.6 Å². The molecule has 0 aliphatic heterocycles. The van der Waals surface area contributed by atoms with Crippen molar-refractivity contribution >= 4 is 11.9 Å². The smallest absolute Gasteiger partial charge is 0.327 e. The Morgan fingerprint density at radius 2 is 2.00 bits per heavy atom. The fraction of sp³-hybridized carbons (Fsp3) is 0.500. The zero-order valence-corrected chi connectivity index (χ0v) is 12.9. The van der Waals surface area contributed by atoms with Gasteiger partial charge in [-0.05, 0) is 31.0 Å². The first-order chi connectivity index (χ1) is 11.0. The van der Waals surface area contributed by atoms with Gasteiger partial charge in [0.2, 0.25) is 5.91 Å². The molecule has 7 heteroatoms.